The Bertz CT molecular complexity index is 569. The van der Waals surface area contributed by atoms with Gasteiger partial charge in [0.1, 0.15) is 0 Å². The van der Waals surface area contributed by atoms with E-state index >= 15 is 0 Å². The summed E-state index contributed by atoms with van der Waals surface area (Å²) in [6.45, 7) is 2.76. The molecule has 1 aromatic heterocycles. The summed E-state index contributed by atoms with van der Waals surface area (Å²) in [6, 6.07) is 13.0. The maximum atomic E-state index is 12.7. The number of nitrogen functional groups attached to an aromatic ring is 1. The van der Waals surface area contributed by atoms with Gasteiger partial charge in [0, 0.05) is 18.4 Å². The van der Waals surface area contributed by atoms with Crippen LogP contribution in [0.2, 0.25) is 0 Å². The Morgan fingerprint density at radius 1 is 1.20 bits per heavy atom. The molecule has 4 nitrogen and oxygen atoms in total. The summed E-state index contributed by atoms with van der Waals surface area (Å²) < 4.78 is 0. The van der Waals surface area contributed by atoms with Gasteiger partial charge in [-0.2, -0.15) is 0 Å². The van der Waals surface area contributed by atoms with Crippen LogP contribution in [0.25, 0.3) is 0 Å². The SMILES string of the molecule is CCCCN(C(=O)c1ncccc1N)c1ccccc1. The molecule has 4 heteroatoms. The molecule has 0 radical (unpaired) electrons. The van der Waals surface area contributed by atoms with E-state index in [1.807, 2.05) is 30.3 Å². The lowest BCUT2D eigenvalue weighted by molar-refractivity contribution is 0.0983. The van der Waals surface area contributed by atoms with E-state index in [2.05, 4.69) is 11.9 Å². The summed E-state index contributed by atoms with van der Waals surface area (Å²) in [5, 5.41) is 0. The van der Waals surface area contributed by atoms with Crippen LogP contribution in [-0.2, 0) is 0 Å². The Morgan fingerprint density at radius 2 is 1.95 bits per heavy atom. The summed E-state index contributed by atoms with van der Waals surface area (Å²) in [6.07, 6.45) is 3.55. The summed E-state index contributed by atoms with van der Waals surface area (Å²) in [5.74, 6) is -0.150. The first-order chi connectivity index (χ1) is 9.74. The van der Waals surface area contributed by atoms with E-state index in [0.29, 0.717) is 17.9 Å². The summed E-state index contributed by atoms with van der Waals surface area (Å²) in [4.78, 5) is 18.5. The maximum Gasteiger partial charge on any atom is 0.279 e. The van der Waals surface area contributed by atoms with Crippen molar-refractivity contribution in [3.8, 4) is 0 Å². The van der Waals surface area contributed by atoms with Crippen molar-refractivity contribution in [1.29, 1.82) is 0 Å². The van der Waals surface area contributed by atoms with Gasteiger partial charge in [-0.25, -0.2) is 4.98 Å². The average Bonchev–Trinajstić information content (AvgIpc) is 2.49. The second-order valence-electron chi connectivity index (χ2n) is 4.59. The fraction of sp³-hybridized carbons (Fsp3) is 0.250. The molecule has 104 valence electrons. The molecule has 0 aliphatic rings. The summed E-state index contributed by atoms with van der Waals surface area (Å²) >= 11 is 0. The quantitative estimate of drug-likeness (QED) is 0.907. The number of nitrogens with zero attached hydrogens (tertiary/aromatic N) is 2. The van der Waals surface area contributed by atoms with E-state index in [0.717, 1.165) is 18.5 Å². The molecule has 0 spiro atoms. The standard InChI is InChI=1S/C16H19N3O/c1-2-3-12-19(13-8-5-4-6-9-13)16(20)15-14(17)10-7-11-18-15/h4-11H,2-3,12,17H2,1H3. The number of nitrogens with two attached hydrogens (primary N) is 1. The monoisotopic (exact) mass is 269 g/mol. The predicted molar refractivity (Wildman–Crippen MR) is 81.7 cm³/mol. The largest absolute Gasteiger partial charge is 0.397 e. The van der Waals surface area contributed by atoms with Gasteiger partial charge in [-0.15, -0.1) is 0 Å². The number of hydrogen-bond acceptors (Lipinski definition) is 3. The first-order valence-electron chi connectivity index (χ1n) is 6.81. The normalized spacial score (nSPS) is 10.2. The number of anilines is 2. The van der Waals surface area contributed by atoms with E-state index in [-0.39, 0.29) is 5.91 Å². The van der Waals surface area contributed by atoms with Crippen molar-refractivity contribution >= 4 is 17.3 Å². The van der Waals surface area contributed by atoms with Crippen LogP contribution in [0, 0.1) is 0 Å². The topological polar surface area (TPSA) is 59.2 Å². The molecule has 2 rings (SSSR count). The fourth-order valence-corrected chi connectivity index (χ4v) is 2.00. The van der Waals surface area contributed by atoms with Crippen molar-refractivity contribution in [2.75, 3.05) is 17.2 Å². The average molecular weight is 269 g/mol. The van der Waals surface area contributed by atoms with Gasteiger partial charge >= 0.3 is 0 Å². The molecule has 0 fully saturated rings. The molecule has 1 amide bonds. The Morgan fingerprint density at radius 3 is 2.60 bits per heavy atom. The zero-order valence-electron chi connectivity index (χ0n) is 11.6. The maximum absolute atomic E-state index is 12.7. The third kappa shape index (κ3) is 3.15. The van der Waals surface area contributed by atoms with E-state index in [4.69, 9.17) is 5.73 Å². The Kier molecular flexibility index (Phi) is 4.71. The number of amides is 1. The van der Waals surface area contributed by atoms with Gasteiger partial charge in [-0.1, -0.05) is 31.5 Å². The number of aromatic nitrogens is 1. The Labute approximate surface area is 119 Å². The highest BCUT2D eigenvalue weighted by molar-refractivity contribution is 6.07. The molecule has 2 N–H and O–H groups in total. The van der Waals surface area contributed by atoms with E-state index < -0.39 is 0 Å². The highest BCUT2D eigenvalue weighted by Gasteiger charge is 2.20. The van der Waals surface area contributed by atoms with Gasteiger partial charge in [0.05, 0.1) is 5.69 Å². The third-order valence-electron chi connectivity index (χ3n) is 3.09. The lowest BCUT2D eigenvalue weighted by Crippen LogP contribution is -2.33. The van der Waals surface area contributed by atoms with Crippen molar-refractivity contribution in [1.82, 2.24) is 4.98 Å². The second-order valence-corrected chi connectivity index (χ2v) is 4.59. The number of carbonyl (C=O) groups excluding carboxylic acids is 1. The molecule has 0 unspecified atom stereocenters. The number of para-hydroxylation sites is 1. The highest BCUT2D eigenvalue weighted by Crippen LogP contribution is 2.19. The van der Waals surface area contributed by atoms with Crippen molar-refractivity contribution in [2.45, 2.75) is 19.8 Å². The van der Waals surface area contributed by atoms with Crippen molar-refractivity contribution < 1.29 is 4.79 Å². The lowest BCUT2D eigenvalue weighted by atomic mass is 10.2. The van der Waals surface area contributed by atoms with Gasteiger partial charge < -0.3 is 10.6 Å². The van der Waals surface area contributed by atoms with Gasteiger partial charge in [0.2, 0.25) is 0 Å². The van der Waals surface area contributed by atoms with Crippen molar-refractivity contribution in [3.05, 3.63) is 54.4 Å². The number of carbonyl (C=O) groups is 1. The van der Waals surface area contributed by atoms with Crippen LogP contribution in [0.15, 0.2) is 48.7 Å². The first kappa shape index (κ1) is 14.1. The van der Waals surface area contributed by atoms with Gasteiger partial charge in [0.25, 0.3) is 5.91 Å². The number of hydrogen-bond donors (Lipinski definition) is 1. The van der Waals surface area contributed by atoms with E-state index in [1.54, 1.807) is 23.2 Å². The smallest absolute Gasteiger partial charge is 0.279 e. The molecular formula is C16H19N3O. The Balaban J connectivity index is 2.32. The number of pyridine rings is 1. The van der Waals surface area contributed by atoms with Gasteiger partial charge in [-0.05, 0) is 30.7 Å². The summed E-state index contributed by atoms with van der Waals surface area (Å²) in [7, 11) is 0. The number of benzene rings is 1. The first-order valence-corrected chi connectivity index (χ1v) is 6.81. The molecule has 0 saturated heterocycles. The minimum absolute atomic E-state index is 0.150. The predicted octanol–water partition coefficient (Wildman–Crippen LogP) is 3.11. The molecule has 2 aromatic rings. The lowest BCUT2D eigenvalue weighted by Gasteiger charge is -2.22. The van der Waals surface area contributed by atoms with Crippen LogP contribution >= 0.6 is 0 Å². The van der Waals surface area contributed by atoms with Crippen LogP contribution in [0.5, 0.6) is 0 Å². The zero-order chi connectivity index (χ0) is 14.4. The fourth-order valence-electron chi connectivity index (χ4n) is 2.00. The van der Waals surface area contributed by atoms with Crippen LogP contribution in [0.1, 0.15) is 30.3 Å². The van der Waals surface area contributed by atoms with Gasteiger partial charge in [0.15, 0.2) is 5.69 Å². The molecule has 0 bridgehead atoms. The van der Waals surface area contributed by atoms with Crippen LogP contribution in [0.3, 0.4) is 0 Å². The second kappa shape index (κ2) is 6.70. The van der Waals surface area contributed by atoms with Crippen LogP contribution in [0.4, 0.5) is 11.4 Å². The van der Waals surface area contributed by atoms with E-state index in [1.165, 1.54) is 0 Å². The van der Waals surface area contributed by atoms with Gasteiger partial charge in [-0.3, -0.25) is 4.79 Å². The molecular weight excluding hydrogens is 250 g/mol. The molecule has 0 aliphatic heterocycles. The minimum Gasteiger partial charge on any atom is -0.397 e. The van der Waals surface area contributed by atoms with Crippen molar-refractivity contribution in [2.24, 2.45) is 0 Å². The van der Waals surface area contributed by atoms with Crippen molar-refractivity contribution in [3.63, 3.8) is 0 Å². The number of rotatable bonds is 5. The molecule has 0 aliphatic carbocycles. The summed E-state index contributed by atoms with van der Waals surface area (Å²) in [5.41, 5.74) is 7.45. The van der Waals surface area contributed by atoms with Crippen LogP contribution < -0.4 is 10.6 Å². The third-order valence-corrected chi connectivity index (χ3v) is 3.09. The van der Waals surface area contributed by atoms with E-state index in [9.17, 15) is 4.79 Å². The highest BCUT2D eigenvalue weighted by atomic mass is 16.2. The number of unbranched alkanes of at least 4 members (excludes halogenated alkanes) is 1. The molecule has 1 aromatic carbocycles. The molecule has 0 saturated carbocycles. The molecule has 0 atom stereocenters. The van der Waals surface area contributed by atoms with Crippen LogP contribution in [-0.4, -0.2) is 17.4 Å². The Hall–Kier alpha value is -2.36. The molecule has 20 heavy (non-hydrogen) atoms. The minimum atomic E-state index is -0.150. The molecule has 1 heterocycles. The zero-order valence-corrected chi connectivity index (χ0v) is 11.6.